The van der Waals surface area contributed by atoms with Crippen LogP contribution in [0, 0.1) is 6.92 Å². The molecule has 0 aliphatic rings. The number of aryl methyl sites for hydroxylation is 2. The first kappa shape index (κ1) is 31.3. The molecule has 0 amide bonds. The van der Waals surface area contributed by atoms with Gasteiger partial charge in [-0.1, -0.05) is 25.1 Å². The molecule has 43 heavy (non-hydrogen) atoms. The van der Waals surface area contributed by atoms with Gasteiger partial charge in [0.1, 0.15) is 11.6 Å². The summed E-state index contributed by atoms with van der Waals surface area (Å²) >= 11 is 0. The van der Waals surface area contributed by atoms with Gasteiger partial charge in [-0.2, -0.15) is 23.3 Å². The normalized spacial score (nSPS) is 11.6. The van der Waals surface area contributed by atoms with E-state index in [0.717, 1.165) is 34.6 Å². The van der Waals surface area contributed by atoms with E-state index in [1.54, 1.807) is 36.7 Å². The largest absolute Gasteiger partial charge is 0.508 e. The number of ether oxygens (including phenoxy) is 1. The van der Waals surface area contributed by atoms with Gasteiger partial charge in [0, 0.05) is 43.3 Å². The first-order valence-electron chi connectivity index (χ1n) is 13.9. The van der Waals surface area contributed by atoms with Crippen LogP contribution in [0.15, 0.2) is 72.0 Å². The SMILES string of the molecule is CCOCCN(C)c1nc(N/N=C/c2ccc(Nc3cc(-c4cccc(O)c4)cc(C(F)(F)F)c3)cc2CC)ncc1C. The third-order valence-corrected chi connectivity index (χ3v) is 6.70. The Kier molecular flexibility index (Phi) is 10.2. The Labute approximate surface area is 249 Å². The van der Waals surface area contributed by atoms with Crippen LogP contribution in [0.3, 0.4) is 0 Å². The first-order chi connectivity index (χ1) is 20.6. The number of nitrogens with zero attached hydrogens (tertiary/aromatic N) is 4. The number of nitrogens with one attached hydrogen (secondary N) is 2. The summed E-state index contributed by atoms with van der Waals surface area (Å²) in [6, 6.07) is 15.4. The van der Waals surface area contributed by atoms with Crippen molar-refractivity contribution in [3.63, 3.8) is 0 Å². The number of hydrogen-bond donors (Lipinski definition) is 3. The van der Waals surface area contributed by atoms with Crippen LogP contribution in [-0.2, 0) is 17.3 Å². The number of phenols is 1. The summed E-state index contributed by atoms with van der Waals surface area (Å²) in [5.41, 5.74) is 6.52. The number of alkyl halides is 3. The van der Waals surface area contributed by atoms with Crippen molar-refractivity contribution >= 4 is 29.4 Å². The summed E-state index contributed by atoms with van der Waals surface area (Å²) in [4.78, 5) is 10.9. The van der Waals surface area contributed by atoms with Crippen molar-refractivity contribution in [1.82, 2.24) is 9.97 Å². The molecule has 0 fully saturated rings. The summed E-state index contributed by atoms with van der Waals surface area (Å²) in [5, 5.41) is 17.3. The van der Waals surface area contributed by atoms with E-state index in [1.807, 2.05) is 44.9 Å². The molecule has 0 spiro atoms. The van der Waals surface area contributed by atoms with Gasteiger partial charge in [0.2, 0.25) is 5.95 Å². The Morgan fingerprint density at radius 3 is 2.56 bits per heavy atom. The molecule has 1 heterocycles. The van der Waals surface area contributed by atoms with Crippen LogP contribution in [0.2, 0.25) is 0 Å². The number of phenolic OH excluding ortho intramolecular Hbond substituents is 1. The van der Waals surface area contributed by atoms with Gasteiger partial charge >= 0.3 is 6.18 Å². The quantitative estimate of drug-likeness (QED) is 0.0896. The second-order valence-electron chi connectivity index (χ2n) is 9.93. The summed E-state index contributed by atoms with van der Waals surface area (Å²) in [7, 11) is 1.94. The Bertz CT molecular complexity index is 1580. The second kappa shape index (κ2) is 14.0. The molecule has 3 aromatic carbocycles. The molecule has 4 aromatic rings. The van der Waals surface area contributed by atoms with Crippen LogP contribution in [-0.4, -0.2) is 48.1 Å². The minimum Gasteiger partial charge on any atom is -0.508 e. The highest BCUT2D eigenvalue weighted by Gasteiger charge is 2.31. The zero-order valence-electron chi connectivity index (χ0n) is 24.5. The Morgan fingerprint density at radius 2 is 1.84 bits per heavy atom. The monoisotopic (exact) mass is 592 g/mol. The van der Waals surface area contributed by atoms with E-state index < -0.39 is 11.7 Å². The van der Waals surface area contributed by atoms with Crippen molar-refractivity contribution < 1.29 is 23.0 Å². The van der Waals surface area contributed by atoms with Crippen LogP contribution in [0.5, 0.6) is 5.75 Å². The summed E-state index contributed by atoms with van der Waals surface area (Å²) in [6.45, 7) is 7.81. The van der Waals surface area contributed by atoms with Gasteiger partial charge in [0.15, 0.2) is 0 Å². The van der Waals surface area contributed by atoms with E-state index in [0.29, 0.717) is 48.9 Å². The number of aromatic nitrogens is 2. The number of anilines is 4. The van der Waals surface area contributed by atoms with E-state index in [4.69, 9.17) is 4.74 Å². The van der Waals surface area contributed by atoms with E-state index >= 15 is 0 Å². The van der Waals surface area contributed by atoms with Gasteiger partial charge in [-0.15, -0.1) is 0 Å². The molecule has 8 nitrogen and oxygen atoms in total. The fourth-order valence-corrected chi connectivity index (χ4v) is 4.48. The van der Waals surface area contributed by atoms with Gasteiger partial charge < -0.3 is 20.1 Å². The highest BCUT2D eigenvalue weighted by atomic mass is 19.4. The maximum absolute atomic E-state index is 13.7. The molecule has 11 heteroatoms. The lowest BCUT2D eigenvalue weighted by Gasteiger charge is -2.20. The molecule has 0 bridgehead atoms. The molecule has 1 aromatic heterocycles. The van der Waals surface area contributed by atoms with E-state index in [-0.39, 0.29) is 11.4 Å². The lowest BCUT2D eigenvalue weighted by atomic mass is 10.0. The summed E-state index contributed by atoms with van der Waals surface area (Å²) < 4.78 is 46.6. The molecule has 0 radical (unpaired) electrons. The third kappa shape index (κ3) is 8.45. The molecule has 0 unspecified atom stereocenters. The fourth-order valence-electron chi connectivity index (χ4n) is 4.48. The van der Waals surface area contributed by atoms with Gasteiger partial charge in [0.05, 0.1) is 18.4 Å². The van der Waals surface area contributed by atoms with Crippen LogP contribution in [0.4, 0.5) is 36.3 Å². The predicted octanol–water partition coefficient (Wildman–Crippen LogP) is 7.40. The van der Waals surface area contributed by atoms with Gasteiger partial charge in [0.25, 0.3) is 0 Å². The minimum absolute atomic E-state index is 0.0250. The molecule has 3 N–H and O–H groups in total. The topological polar surface area (TPSA) is 94.9 Å². The van der Waals surface area contributed by atoms with E-state index in [2.05, 4.69) is 25.8 Å². The van der Waals surface area contributed by atoms with Crippen molar-refractivity contribution in [3.8, 4) is 16.9 Å². The van der Waals surface area contributed by atoms with Crippen molar-refractivity contribution in [2.75, 3.05) is 42.4 Å². The zero-order valence-corrected chi connectivity index (χ0v) is 24.5. The average Bonchev–Trinajstić information content (AvgIpc) is 2.98. The first-order valence-corrected chi connectivity index (χ1v) is 13.9. The van der Waals surface area contributed by atoms with E-state index in [9.17, 15) is 18.3 Å². The summed E-state index contributed by atoms with van der Waals surface area (Å²) in [6.07, 6.45) is -0.473. The summed E-state index contributed by atoms with van der Waals surface area (Å²) in [5.74, 6) is 1.10. The molecule has 0 atom stereocenters. The van der Waals surface area contributed by atoms with Crippen LogP contribution in [0.25, 0.3) is 11.1 Å². The maximum atomic E-state index is 13.7. The Hall–Kier alpha value is -4.64. The highest BCUT2D eigenvalue weighted by Crippen LogP contribution is 2.36. The number of rotatable bonds is 12. The molecular weight excluding hydrogens is 557 g/mol. The van der Waals surface area contributed by atoms with Gasteiger partial charge in [-0.25, -0.2) is 10.4 Å². The molecule has 0 saturated heterocycles. The van der Waals surface area contributed by atoms with Crippen molar-refractivity contribution in [2.45, 2.75) is 33.4 Å². The molecule has 226 valence electrons. The number of halogens is 3. The van der Waals surface area contributed by atoms with Crippen molar-refractivity contribution in [1.29, 1.82) is 0 Å². The van der Waals surface area contributed by atoms with Gasteiger partial charge in [-0.3, -0.25) is 0 Å². The lowest BCUT2D eigenvalue weighted by Crippen LogP contribution is -2.24. The van der Waals surface area contributed by atoms with Crippen molar-refractivity contribution in [2.24, 2.45) is 5.10 Å². The number of hydrazone groups is 1. The van der Waals surface area contributed by atoms with Crippen LogP contribution >= 0.6 is 0 Å². The van der Waals surface area contributed by atoms with Crippen molar-refractivity contribution in [3.05, 3.63) is 89.1 Å². The Morgan fingerprint density at radius 1 is 1.02 bits per heavy atom. The highest BCUT2D eigenvalue weighted by molar-refractivity contribution is 5.84. The Balaban J connectivity index is 1.52. The number of likely N-dealkylation sites (N-methyl/N-ethyl adjacent to an activating group) is 1. The van der Waals surface area contributed by atoms with Crippen LogP contribution in [0.1, 0.15) is 36.1 Å². The van der Waals surface area contributed by atoms with Gasteiger partial charge in [-0.05, 0) is 85.0 Å². The number of benzene rings is 3. The number of hydrogen-bond acceptors (Lipinski definition) is 8. The number of aromatic hydroxyl groups is 1. The standard InChI is InChI=1S/C32H35F3N6O2/c1-5-22-15-27(38-28-16-25(14-26(18-28)32(33,34)35)23-8-7-9-29(42)17-23)11-10-24(22)20-37-40-31-36-19-21(3)30(39-31)41(4)12-13-43-6-2/h7-11,14-20,38,42H,5-6,12-13H2,1-4H3,(H,36,39,40)/b37-20+. The fraction of sp³-hybridized carbons (Fsp3) is 0.281. The smallest absolute Gasteiger partial charge is 0.416 e. The third-order valence-electron chi connectivity index (χ3n) is 6.70. The molecule has 0 aliphatic heterocycles. The molecular formula is C32H35F3N6O2. The predicted molar refractivity (Wildman–Crippen MR) is 165 cm³/mol. The van der Waals surface area contributed by atoms with Crippen LogP contribution < -0.4 is 15.6 Å². The molecule has 4 rings (SSSR count). The average molecular weight is 593 g/mol. The zero-order chi connectivity index (χ0) is 31.0. The maximum Gasteiger partial charge on any atom is 0.416 e. The lowest BCUT2D eigenvalue weighted by molar-refractivity contribution is -0.137. The minimum atomic E-state index is -4.54. The molecule has 0 aliphatic carbocycles. The van der Waals surface area contributed by atoms with E-state index in [1.165, 1.54) is 12.1 Å². The molecule has 0 saturated carbocycles. The second-order valence-corrected chi connectivity index (χ2v) is 9.93.